The normalized spacial score (nSPS) is 20.9. The Labute approximate surface area is 107 Å². The molecule has 16 heavy (non-hydrogen) atoms. The van der Waals surface area contributed by atoms with E-state index in [2.05, 4.69) is 15.9 Å². The minimum Gasteiger partial charge on any atom is -0.370 e. The van der Waals surface area contributed by atoms with Gasteiger partial charge in [-0.15, -0.1) is 0 Å². The van der Waals surface area contributed by atoms with Crippen LogP contribution in [0, 0.1) is 0 Å². The van der Waals surface area contributed by atoms with Gasteiger partial charge in [-0.2, -0.15) is 0 Å². The predicted octanol–water partition coefficient (Wildman–Crippen LogP) is 3.18. The van der Waals surface area contributed by atoms with Gasteiger partial charge in [-0.1, -0.05) is 28.1 Å². The molecule has 1 atom stereocenters. The number of halogens is 2. The SMILES string of the molecule is O=C(Cl)N1CCOC(c2ccc(Br)cc2)C1. The molecule has 0 bridgehead atoms. The Morgan fingerprint density at radius 3 is 2.75 bits per heavy atom. The van der Waals surface area contributed by atoms with Gasteiger partial charge in [-0.05, 0) is 29.3 Å². The number of morpholine rings is 1. The van der Waals surface area contributed by atoms with Crippen LogP contribution in [-0.2, 0) is 4.74 Å². The Morgan fingerprint density at radius 1 is 1.44 bits per heavy atom. The van der Waals surface area contributed by atoms with Crippen LogP contribution in [0.4, 0.5) is 4.79 Å². The summed E-state index contributed by atoms with van der Waals surface area (Å²) in [7, 11) is 0. The smallest absolute Gasteiger partial charge is 0.316 e. The number of carbonyl (C=O) groups excluding carboxylic acids is 1. The van der Waals surface area contributed by atoms with Crippen molar-refractivity contribution in [3.63, 3.8) is 0 Å². The largest absolute Gasteiger partial charge is 0.370 e. The summed E-state index contributed by atoms with van der Waals surface area (Å²) in [5, 5.41) is -0.412. The number of benzene rings is 1. The number of amides is 1. The van der Waals surface area contributed by atoms with Crippen LogP contribution in [0.5, 0.6) is 0 Å². The number of hydrogen-bond donors (Lipinski definition) is 0. The first-order chi connectivity index (χ1) is 7.66. The van der Waals surface area contributed by atoms with Gasteiger partial charge in [0.25, 0.3) is 0 Å². The summed E-state index contributed by atoms with van der Waals surface area (Å²) >= 11 is 8.84. The van der Waals surface area contributed by atoms with E-state index >= 15 is 0 Å². The molecule has 0 aromatic heterocycles. The molecule has 0 radical (unpaired) electrons. The Kier molecular flexibility index (Phi) is 3.84. The van der Waals surface area contributed by atoms with E-state index in [1.54, 1.807) is 4.90 Å². The lowest BCUT2D eigenvalue weighted by molar-refractivity contribution is -0.0119. The number of carbonyl (C=O) groups is 1. The molecule has 86 valence electrons. The van der Waals surface area contributed by atoms with E-state index in [4.69, 9.17) is 16.3 Å². The van der Waals surface area contributed by atoms with Gasteiger partial charge in [-0.3, -0.25) is 4.79 Å². The number of rotatable bonds is 1. The molecule has 0 N–H and O–H groups in total. The quantitative estimate of drug-likeness (QED) is 0.589. The summed E-state index contributed by atoms with van der Waals surface area (Å²) < 4.78 is 6.64. The van der Waals surface area contributed by atoms with Crippen molar-refractivity contribution in [1.29, 1.82) is 0 Å². The van der Waals surface area contributed by atoms with Crippen LogP contribution in [0.25, 0.3) is 0 Å². The van der Waals surface area contributed by atoms with E-state index < -0.39 is 5.37 Å². The van der Waals surface area contributed by atoms with Crippen LogP contribution >= 0.6 is 27.5 Å². The molecule has 1 amide bonds. The average Bonchev–Trinajstić information content (AvgIpc) is 2.30. The maximum Gasteiger partial charge on any atom is 0.316 e. The van der Waals surface area contributed by atoms with Gasteiger partial charge >= 0.3 is 5.37 Å². The lowest BCUT2D eigenvalue weighted by Crippen LogP contribution is -2.39. The van der Waals surface area contributed by atoms with Crippen LogP contribution in [0.2, 0.25) is 0 Å². The molecule has 1 fully saturated rings. The highest BCUT2D eigenvalue weighted by Gasteiger charge is 2.24. The Hall–Kier alpha value is -0.580. The van der Waals surface area contributed by atoms with Gasteiger partial charge in [0, 0.05) is 11.0 Å². The summed E-state index contributed by atoms with van der Waals surface area (Å²) in [6.45, 7) is 1.61. The summed E-state index contributed by atoms with van der Waals surface area (Å²) in [6.07, 6.45) is -0.0791. The van der Waals surface area contributed by atoms with Gasteiger partial charge in [0.2, 0.25) is 0 Å². The minimum atomic E-state index is -0.412. The van der Waals surface area contributed by atoms with Crippen molar-refractivity contribution in [3.05, 3.63) is 34.3 Å². The van der Waals surface area contributed by atoms with E-state index in [0.29, 0.717) is 19.7 Å². The zero-order valence-electron chi connectivity index (χ0n) is 8.53. The molecule has 1 aromatic rings. The molecule has 5 heteroatoms. The average molecular weight is 305 g/mol. The topological polar surface area (TPSA) is 29.5 Å². The van der Waals surface area contributed by atoms with Crippen LogP contribution in [0.3, 0.4) is 0 Å². The zero-order chi connectivity index (χ0) is 11.5. The third-order valence-corrected chi connectivity index (χ3v) is 3.32. The molecule has 0 saturated carbocycles. The Morgan fingerprint density at radius 2 is 2.12 bits per heavy atom. The third-order valence-electron chi connectivity index (χ3n) is 2.56. The molecular weight excluding hydrogens is 293 g/mol. The molecule has 1 unspecified atom stereocenters. The Balaban J connectivity index is 2.09. The van der Waals surface area contributed by atoms with Crippen LogP contribution in [0.15, 0.2) is 28.7 Å². The van der Waals surface area contributed by atoms with E-state index in [-0.39, 0.29) is 6.10 Å². The molecule has 1 aromatic carbocycles. The van der Waals surface area contributed by atoms with Crippen molar-refractivity contribution < 1.29 is 9.53 Å². The second kappa shape index (κ2) is 5.17. The number of hydrogen-bond acceptors (Lipinski definition) is 2. The van der Waals surface area contributed by atoms with Gasteiger partial charge in [0.15, 0.2) is 0 Å². The maximum absolute atomic E-state index is 11.1. The zero-order valence-corrected chi connectivity index (χ0v) is 10.9. The third kappa shape index (κ3) is 2.75. The van der Waals surface area contributed by atoms with Crippen LogP contribution in [0.1, 0.15) is 11.7 Å². The first-order valence-corrected chi connectivity index (χ1v) is 6.15. The maximum atomic E-state index is 11.1. The minimum absolute atomic E-state index is 0.0791. The van der Waals surface area contributed by atoms with Crippen LogP contribution in [-0.4, -0.2) is 30.0 Å². The van der Waals surface area contributed by atoms with E-state index in [0.717, 1.165) is 10.0 Å². The van der Waals surface area contributed by atoms with Gasteiger partial charge in [0.05, 0.1) is 13.2 Å². The van der Waals surface area contributed by atoms with Gasteiger partial charge in [-0.25, -0.2) is 0 Å². The van der Waals surface area contributed by atoms with Crippen molar-refractivity contribution in [1.82, 2.24) is 4.90 Å². The molecule has 1 aliphatic heterocycles. The van der Waals surface area contributed by atoms with Crippen molar-refractivity contribution in [3.8, 4) is 0 Å². The fraction of sp³-hybridized carbons (Fsp3) is 0.364. The molecule has 0 spiro atoms. The molecule has 0 aliphatic carbocycles. The van der Waals surface area contributed by atoms with Crippen LogP contribution < -0.4 is 0 Å². The molecule has 1 saturated heterocycles. The highest BCUT2D eigenvalue weighted by Crippen LogP contribution is 2.24. The Bertz CT molecular complexity index is 382. The lowest BCUT2D eigenvalue weighted by atomic mass is 10.1. The predicted molar refractivity (Wildman–Crippen MR) is 65.7 cm³/mol. The summed E-state index contributed by atoms with van der Waals surface area (Å²) in [4.78, 5) is 12.7. The molecule has 2 rings (SSSR count). The monoisotopic (exact) mass is 303 g/mol. The second-order valence-corrected chi connectivity index (χ2v) is 4.85. The van der Waals surface area contributed by atoms with Crippen molar-refractivity contribution in [2.24, 2.45) is 0 Å². The van der Waals surface area contributed by atoms with E-state index in [1.165, 1.54) is 0 Å². The summed E-state index contributed by atoms with van der Waals surface area (Å²) in [5.74, 6) is 0. The standard InChI is InChI=1S/C11H11BrClNO2/c12-9-3-1-8(2-4-9)10-7-14(11(13)15)5-6-16-10/h1-4,10H,5-7H2. The number of ether oxygens (including phenoxy) is 1. The highest BCUT2D eigenvalue weighted by atomic mass is 79.9. The van der Waals surface area contributed by atoms with Crippen molar-refractivity contribution in [2.75, 3.05) is 19.7 Å². The lowest BCUT2D eigenvalue weighted by Gasteiger charge is -2.31. The van der Waals surface area contributed by atoms with Gasteiger partial charge < -0.3 is 9.64 Å². The summed E-state index contributed by atoms with van der Waals surface area (Å²) in [6, 6.07) is 7.88. The highest BCUT2D eigenvalue weighted by molar-refractivity contribution is 9.10. The van der Waals surface area contributed by atoms with Gasteiger partial charge in [0.1, 0.15) is 6.10 Å². The van der Waals surface area contributed by atoms with E-state index in [9.17, 15) is 4.79 Å². The fourth-order valence-corrected chi connectivity index (χ4v) is 2.11. The molecule has 1 heterocycles. The summed E-state index contributed by atoms with van der Waals surface area (Å²) in [5.41, 5.74) is 1.06. The molecular formula is C11H11BrClNO2. The molecule has 3 nitrogen and oxygen atoms in total. The molecule has 1 aliphatic rings. The van der Waals surface area contributed by atoms with E-state index in [1.807, 2.05) is 24.3 Å². The van der Waals surface area contributed by atoms with Crippen molar-refractivity contribution in [2.45, 2.75) is 6.10 Å². The first kappa shape index (κ1) is 11.9. The second-order valence-electron chi connectivity index (χ2n) is 3.61. The number of nitrogens with zero attached hydrogens (tertiary/aromatic N) is 1. The fourth-order valence-electron chi connectivity index (χ4n) is 1.69. The van der Waals surface area contributed by atoms with Crippen molar-refractivity contribution >= 4 is 32.9 Å². The first-order valence-electron chi connectivity index (χ1n) is 4.98.